The molecular formula is C11H20N2O3S. The van der Waals surface area contributed by atoms with E-state index in [1.807, 2.05) is 13.8 Å². The molecule has 98 valence electrons. The number of sulfonamides is 1. The maximum absolute atomic E-state index is 12.4. The molecule has 0 fully saturated rings. The molecule has 1 aromatic heterocycles. The van der Waals surface area contributed by atoms with Crippen LogP contribution in [0.4, 0.5) is 0 Å². The predicted octanol–water partition coefficient (Wildman–Crippen LogP) is 2.10. The van der Waals surface area contributed by atoms with E-state index in [4.69, 9.17) is 4.52 Å². The van der Waals surface area contributed by atoms with Crippen molar-refractivity contribution in [2.75, 3.05) is 13.1 Å². The highest BCUT2D eigenvalue weighted by Crippen LogP contribution is 2.23. The molecule has 0 unspecified atom stereocenters. The monoisotopic (exact) mass is 260 g/mol. The number of aryl methyl sites for hydroxylation is 2. The van der Waals surface area contributed by atoms with Crippen LogP contribution in [0.5, 0.6) is 0 Å². The molecule has 0 aliphatic carbocycles. The zero-order valence-corrected chi connectivity index (χ0v) is 11.7. The summed E-state index contributed by atoms with van der Waals surface area (Å²) < 4.78 is 31.2. The van der Waals surface area contributed by atoms with E-state index in [9.17, 15) is 8.42 Å². The van der Waals surface area contributed by atoms with Gasteiger partial charge in [-0.2, -0.15) is 4.31 Å². The molecule has 0 radical (unpaired) electrons. The molecular weight excluding hydrogens is 240 g/mol. The van der Waals surface area contributed by atoms with Gasteiger partial charge in [0.1, 0.15) is 10.6 Å². The number of nitrogens with zero attached hydrogens (tertiary/aromatic N) is 2. The summed E-state index contributed by atoms with van der Waals surface area (Å²) in [5.41, 5.74) is 0.428. The fourth-order valence-electron chi connectivity index (χ4n) is 1.75. The largest absolute Gasteiger partial charge is 0.360 e. The van der Waals surface area contributed by atoms with Gasteiger partial charge in [-0.05, 0) is 20.3 Å². The van der Waals surface area contributed by atoms with E-state index in [0.29, 0.717) is 24.5 Å². The van der Waals surface area contributed by atoms with Crippen molar-refractivity contribution in [1.82, 2.24) is 9.46 Å². The van der Waals surface area contributed by atoms with Crippen LogP contribution in [0, 0.1) is 13.8 Å². The van der Waals surface area contributed by atoms with E-state index >= 15 is 0 Å². The zero-order valence-electron chi connectivity index (χ0n) is 10.9. The Hall–Kier alpha value is -0.880. The van der Waals surface area contributed by atoms with E-state index in [1.54, 1.807) is 13.8 Å². The Morgan fingerprint density at radius 2 is 1.94 bits per heavy atom. The minimum Gasteiger partial charge on any atom is -0.360 e. The highest BCUT2D eigenvalue weighted by molar-refractivity contribution is 7.89. The lowest BCUT2D eigenvalue weighted by Gasteiger charge is -2.19. The molecule has 0 saturated carbocycles. The molecule has 6 heteroatoms. The van der Waals surface area contributed by atoms with Crippen molar-refractivity contribution in [2.24, 2.45) is 0 Å². The number of rotatable bonds is 6. The average molecular weight is 260 g/mol. The minimum atomic E-state index is -3.46. The Kier molecular flexibility index (Phi) is 4.70. The number of unbranched alkanes of at least 4 members (excludes halogenated alkanes) is 1. The van der Waals surface area contributed by atoms with Crippen LogP contribution in [-0.4, -0.2) is 31.0 Å². The summed E-state index contributed by atoms with van der Waals surface area (Å²) in [5.74, 6) is 0.359. The summed E-state index contributed by atoms with van der Waals surface area (Å²) in [6.07, 6.45) is 1.82. The second-order valence-corrected chi connectivity index (χ2v) is 5.88. The smallest absolute Gasteiger partial charge is 0.248 e. The van der Waals surface area contributed by atoms with Crippen LogP contribution in [-0.2, 0) is 10.0 Å². The number of aromatic nitrogens is 1. The summed E-state index contributed by atoms with van der Waals surface area (Å²) in [6.45, 7) is 8.16. The molecule has 0 atom stereocenters. The summed E-state index contributed by atoms with van der Waals surface area (Å²) >= 11 is 0. The Labute approximate surface area is 103 Å². The second-order valence-electron chi connectivity index (χ2n) is 4.00. The predicted molar refractivity (Wildman–Crippen MR) is 65.3 cm³/mol. The molecule has 0 aromatic carbocycles. The molecule has 17 heavy (non-hydrogen) atoms. The van der Waals surface area contributed by atoms with Crippen molar-refractivity contribution < 1.29 is 12.9 Å². The highest BCUT2D eigenvalue weighted by atomic mass is 32.2. The number of hydrogen-bond acceptors (Lipinski definition) is 4. The van der Waals surface area contributed by atoms with E-state index in [1.165, 1.54) is 4.31 Å². The zero-order chi connectivity index (χ0) is 13.1. The third kappa shape index (κ3) is 2.87. The molecule has 0 amide bonds. The topological polar surface area (TPSA) is 63.4 Å². The first-order chi connectivity index (χ1) is 7.95. The maximum Gasteiger partial charge on any atom is 0.248 e. The fraction of sp³-hybridized carbons (Fsp3) is 0.727. The first-order valence-electron chi connectivity index (χ1n) is 5.88. The van der Waals surface area contributed by atoms with Gasteiger partial charge in [0.05, 0.1) is 0 Å². The van der Waals surface area contributed by atoms with Crippen LogP contribution >= 0.6 is 0 Å². The maximum atomic E-state index is 12.4. The van der Waals surface area contributed by atoms with E-state index in [0.717, 1.165) is 12.8 Å². The third-order valence-electron chi connectivity index (χ3n) is 2.68. The van der Waals surface area contributed by atoms with Gasteiger partial charge in [0.25, 0.3) is 0 Å². The quantitative estimate of drug-likeness (QED) is 0.785. The van der Waals surface area contributed by atoms with Gasteiger partial charge in [0.2, 0.25) is 10.0 Å². The van der Waals surface area contributed by atoms with Crippen molar-refractivity contribution in [2.45, 2.75) is 45.4 Å². The van der Waals surface area contributed by atoms with Crippen LogP contribution in [0.15, 0.2) is 9.42 Å². The van der Waals surface area contributed by atoms with Crippen molar-refractivity contribution in [3.63, 3.8) is 0 Å². The molecule has 0 saturated heterocycles. The first kappa shape index (κ1) is 14.2. The van der Waals surface area contributed by atoms with Crippen molar-refractivity contribution in [3.05, 3.63) is 11.5 Å². The standard InChI is InChI=1S/C11H20N2O3S/c1-5-7-8-13(6-2)17(14,15)11-9(3)12-16-10(11)4/h5-8H2,1-4H3. The van der Waals surface area contributed by atoms with Crippen LogP contribution < -0.4 is 0 Å². The van der Waals surface area contributed by atoms with Crippen LogP contribution in [0.25, 0.3) is 0 Å². The Morgan fingerprint density at radius 1 is 1.29 bits per heavy atom. The van der Waals surface area contributed by atoms with Crippen molar-refractivity contribution in [3.8, 4) is 0 Å². The Morgan fingerprint density at radius 3 is 2.35 bits per heavy atom. The average Bonchev–Trinajstić information content (AvgIpc) is 2.59. The van der Waals surface area contributed by atoms with Gasteiger partial charge in [0.15, 0.2) is 5.76 Å². The van der Waals surface area contributed by atoms with Gasteiger partial charge < -0.3 is 4.52 Å². The minimum absolute atomic E-state index is 0.218. The molecule has 5 nitrogen and oxygen atoms in total. The molecule has 0 spiro atoms. The Bertz CT molecular complexity index is 446. The summed E-state index contributed by atoms with van der Waals surface area (Å²) in [5, 5.41) is 3.70. The van der Waals surface area contributed by atoms with Gasteiger partial charge in [-0.25, -0.2) is 8.42 Å². The summed E-state index contributed by atoms with van der Waals surface area (Å²) in [7, 11) is -3.46. The van der Waals surface area contributed by atoms with Gasteiger partial charge in [0, 0.05) is 13.1 Å². The summed E-state index contributed by atoms with van der Waals surface area (Å²) in [6, 6.07) is 0. The van der Waals surface area contributed by atoms with Crippen LogP contribution in [0.1, 0.15) is 38.1 Å². The number of hydrogen-bond donors (Lipinski definition) is 0. The molecule has 1 rings (SSSR count). The SMILES string of the molecule is CCCCN(CC)S(=O)(=O)c1c(C)noc1C. The molecule has 0 N–H and O–H groups in total. The van der Waals surface area contributed by atoms with Gasteiger partial charge in [-0.3, -0.25) is 0 Å². The fourth-order valence-corrected chi connectivity index (χ4v) is 3.53. The van der Waals surface area contributed by atoms with Crippen LogP contribution in [0.3, 0.4) is 0 Å². The van der Waals surface area contributed by atoms with E-state index < -0.39 is 10.0 Å². The molecule has 0 bridgehead atoms. The summed E-state index contributed by atoms with van der Waals surface area (Å²) in [4.78, 5) is 0.218. The van der Waals surface area contributed by atoms with Gasteiger partial charge in [-0.1, -0.05) is 25.4 Å². The molecule has 0 aliphatic rings. The third-order valence-corrected chi connectivity index (χ3v) is 4.90. The van der Waals surface area contributed by atoms with Gasteiger partial charge in [-0.15, -0.1) is 0 Å². The van der Waals surface area contributed by atoms with E-state index in [2.05, 4.69) is 5.16 Å². The van der Waals surface area contributed by atoms with Crippen molar-refractivity contribution in [1.29, 1.82) is 0 Å². The Balaban J connectivity index is 3.09. The lowest BCUT2D eigenvalue weighted by Crippen LogP contribution is -2.32. The molecule has 0 aliphatic heterocycles. The van der Waals surface area contributed by atoms with E-state index in [-0.39, 0.29) is 4.90 Å². The second kappa shape index (κ2) is 5.64. The highest BCUT2D eigenvalue weighted by Gasteiger charge is 2.29. The van der Waals surface area contributed by atoms with Gasteiger partial charge >= 0.3 is 0 Å². The normalized spacial score (nSPS) is 12.3. The lowest BCUT2D eigenvalue weighted by atomic mass is 10.3. The molecule has 1 aromatic rings. The first-order valence-corrected chi connectivity index (χ1v) is 7.32. The molecule has 1 heterocycles. The van der Waals surface area contributed by atoms with Crippen LogP contribution in [0.2, 0.25) is 0 Å². The van der Waals surface area contributed by atoms with Crippen molar-refractivity contribution >= 4 is 10.0 Å². The lowest BCUT2D eigenvalue weighted by molar-refractivity contribution is 0.388.